The molecule has 0 heterocycles. The molecule has 2 aliphatic rings. The highest BCUT2D eigenvalue weighted by Gasteiger charge is 2.53. The molecule has 0 aromatic heterocycles. The second kappa shape index (κ2) is 4.41. The molecular formula is C13H20O4. The first kappa shape index (κ1) is 12.6. The number of carbonyl (C=O) groups excluding carboxylic acids is 1. The van der Waals surface area contributed by atoms with Crippen LogP contribution < -0.4 is 0 Å². The molecule has 4 atom stereocenters. The van der Waals surface area contributed by atoms with E-state index in [1.165, 1.54) is 0 Å². The van der Waals surface area contributed by atoms with E-state index in [0.29, 0.717) is 25.0 Å². The van der Waals surface area contributed by atoms with Crippen LogP contribution in [0.5, 0.6) is 0 Å². The zero-order chi connectivity index (χ0) is 12.6. The minimum absolute atomic E-state index is 0.0173. The van der Waals surface area contributed by atoms with Gasteiger partial charge in [-0.3, -0.25) is 9.59 Å². The summed E-state index contributed by atoms with van der Waals surface area (Å²) >= 11 is 0. The number of hydrogen-bond acceptors (Lipinski definition) is 3. The van der Waals surface area contributed by atoms with Crippen molar-refractivity contribution in [2.75, 3.05) is 0 Å². The zero-order valence-electron chi connectivity index (χ0n) is 10.2. The van der Waals surface area contributed by atoms with E-state index < -0.39 is 12.1 Å². The van der Waals surface area contributed by atoms with Gasteiger partial charge in [0.15, 0.2) is 0 Å². The highest BCUT2D eigenvalue weighted by atomic mass is 16.4. The number of carboxylic acid groups (broad SMARTS) is 1. The van der Waals surface area contributed by atoms with E-state index >= 15 is 0 Å². The fourth-order valence-corrected chi connectivity index (χ4v) is 3.72. The maximum atomic E-state index is 11.9. The van der Waals surface area contributed by atoms with Gasteiger partial charge in [-0.1, -0.05) is 6.92 Å². The van der Waals surface area contributed by atoms with Gasteiger partial charge in [-0.25, -0.2) is 0 Å². The minimum atomic E-state index is -0.825. The van der Waals surface area contributed by atoms with Crippen molar-refractivity contribution < 1.29 is 19.8 Å². The van der Waals surface area contributed by atoms with Gasteiger partial charge in [0.1, 0.15) is 5.78 Å². The van der Waals surface area contributed by atoms with Crippen LogP contribution in [0.2, 0.25) is 0 Å². The van der Waals surface area contributed by atoms with Crippen molar-refractivity contribution >= 4 is 11.8 Å². The van der Waals surface area contributed by atoms with Gasteiger partial charge in [-0.2, -0.15) is 0 Å². The van der Waals surface area contributed by atoms with E-state index in [0.717, 1.165) is 12.8 Å². The number of ketones is 1. The zero-order valence-corrected chi connectivity index (χ0v) is 10.2. The van der Waals surface area contributed by atoms with Crippen LogP contribution in [0.25, 0.3) is 0 Å². The van der Waals surface area contributed by atoms with Gasteiger partial charge in [-0.15, -0.1) is 0 Å². The summed E-state index contributed by atoms with van der Waals surface area (Å²) < 4.78 is 0. The molecule has 0 amide bonds. The molecule has 0 aromatic carbocycles. The number of hydrogen-bond donors (Lipinski definition) is 2. The van der Waals surface area contributed by atoms with Crippen LogP contribution in [0.3, 0.4) is 0 Å². The topological polar surface area (TPSA) is 74.6 Å². The maximum Gasteiger partial charge on any atom is 0.303 e. The highest BCUT2D eigenvalue weighted by Crippen LogP contribution is 2.53. The molecule has 4 nitrogen and oxygen atoms in total. The molecule has 96 valence electrons. The third kappa shape index (κ3) is 2.10. The molecular weight excluding hydrogens is 220 g/mol. The lowest BCUT2D eigenvalue weighted by molar-refractivity contribution is -0.138. The van der Waals surface area contributed by atoms with E-state index in [4.69, 9.17) is 5.11 Å². The van der Waals surface area contributed by atoms with Crippen molar-refractivity contribution in [3.63, 3.8) is 0 Å². The smallest absolute Gasteiger partial charge is 0.303 e. The predicted octanol–water partition coefficient (Wildman–Crippen LogP) is 1.61. The van der Waals surface area contributed by atoms with Crippen LogP contribution in [-0.4, -0.2) is 28.1 Å². The fourth-order valence-electron chi connectivity index (χ4n) is 3.72. The Kier molecular flexibility index (Phi) is 3.25. The number of aliphatic carboxylic acids is 1. The van der Waals surface area contributed by atoms with Gasteiger partial charge in [0, 0.05) is 18.3 Å². The summed E-state index contributed by atoms with van der Waals surface area (Å²) in [4.78, 5) is 22.6. The van der Waals surface area contributed by atoms with Gasteiger partial charge in [0.05, 0.1) is 6.10 Å². The quantitative estimate of drug-likeness (QED) is 0.786. The van der Waals surface area contributed by atoms with Crippen LogP contribution in [0, 0.1) is 17.3 Å². The van der Waals surface area contributed by atoms with E-state index in [9.17, 15) is 14.7 Å². The molecule has 0 aromatic rings. The number of aliphatic hydroxyl groups excluding tert-OH is 1. The molecule has 0 aliphatic heterocycles. The Labute approximate surface area is 101 Å². The Morgan fingerprint density at radius 3 is 2.82 bits per heavy atom. The molecule has 2 rings (SSSR count). The molecule has 2 aliphatic carbocycles. The molecule has 0 bridgehead atoms. The van der Waals surface area contributed by atoms with Crippen LogP contribution >= 0.6 is 0 Å². The normalized spacial score (nSPS) is 41.3. The molecule has 17 heavy (non-hydrogen) atoms. The van der Waals surface area contributed by atoms with Gasteiger partial charge in [0.25, 0.3) is 0 Å². The number of aliphatic hydroxyl groups is 1. The second-order valence-corrected chi connectivity index (χ2v) is 5.69. The summed E-state index contributed by atoms with van der Waals surface area (Å²) in [6.45, 7) is 1.99. The Morgan fingerprint density at radius 2 is 2.18 bits per heavy atom. The van der Waals surface area contributed by atoms with E-state index in [2.05, 4.69) is 0 Å². The van der Waals surface area contributed by atoms with Gasteiger partial charge in [-0.05, 0) is 37.5 Å². The molecule has 0 saturated heterocycles. The standard InChI is InChI=1S/C13H20O4/c1-13-7-6-10(14)8(2-5-12(16)17)9(13)3-4-11(13)15/h8-10,14H,2-7H2,1H3,(H,16,17)/t8?,9-,10?,13-/m0/s1. The summed E-state index contributed by atoms with van der Waals surface area (Å²) in [6, 6.07) is 0. The molecule has 2 unspecified atom stereocenters. The SMILES string of the molecule is C[C@]12CCC(O)C(CCC(=O)O)[C@@H]1CCC2=O. The molecule has 2 N–H and O–H groups in total. The number of rotatable bonds is 3. The van der Waals surface area contributed by atoms with Crippen molar-refractivity contribution in [2.45, 2.75) is 51.6 Å². The van der Waals surface area contributed by atoms with E-state index in [1.54, 1.807) is 0 Å². The van der Waals surface area contributed by atoms with Crippen molar-refractivity contribution in [2.24, 2.45) is 17.3 Å². The largest absolute Gasteiger partial charge is 0.481 e. The Morgan fingerprint density at radius 1 is 1.47 bits per heavy atom. The average molecular weight is 240 g/mol. The van der Waals surface area contributed by atoms with Crippen LogP contribution in [0.1, 0.15) is 45.4 Å². The lowest BCUT2D eigenvalue weighted by atomic mass is 9.62. The summed E-state index contributed by atoms with van der Waals surface area (Å²) in [5, 5.41) is 18.8. The summed E-state index contributed by atoms with van der Waals surface area (Å²) in [6.07, 6.45) is 2.93. The summed E-state index contributed by atoms with van der Waals surface area (Å²) in [5.74, 6) is -0.363. The van der Waals surface area contributed by atoms with Crippen molar-refractivity contribution in [1.29, 1.82) is 0 Å². The lowest BCUT2D eigenvalue weighted by Gasteiger charge is -2.43. The molecule has 2 saturated carbocycles. The van der Waals surface area contributed by atoms with Crippen LogP contribution in [0.4, 0.5) is 0 Å². The summed E-state index contributed by atoms with van der Waals surface area (Å²) in [5.41, 5.74) is -0.303. The third-order valence-corrected chi connectivity index (χ3v) is 4.80. The number of carboxylic acids is 1. The van der Waals surface area contributed by atoms with Gasteiger partial charge < -0.3 is 10.2 Å². The second-order valence-electron chi connectivity index (χ2n) is 5.69. The van der Waals surface area contributed by atoms with Crippen molar-refractivity contribution in [3.05, 3.63) is 0 Å². The first-order valence-corrected chi connectivity index (χ1v) is 6.38. The first-order valence-electron chi connectivity index (χ1n) is 6.38. The van der Waals surface area contributed by atoms with Crippen molar-refractivity contribution in [3.8, 4) is 0 Å². The Balaban J connectivity index is 2.13. The fraction of sp³-hybridized carbons (Fsp3) is 0.846. The Bertz CT molecular complexity index is 338. The number of Topliss-reactive ketones (excluding diaryl/α,β-unsaturated/α-hetero) is 1. The first-order chi connectivity index (χ1) is 7.95. The van der Waals surface area contributed by atoms with Crippen LogP contribution in [0.15, 0.2) is 0 Å². The number of carbonyl (C=O) groups is 2. The third-order valence-electron chi connectivity index (χ3n) is 4.80. The van der Waals surface area contributed by atoms with Crippen molar-refractivity contribution in [1.82, 2.24) is 0 Å². The average Bonchev–Trinajstić information content (AvgIpc) is 2.55. The maximum absolute atomic E-state index is 11.9. The van der Waals surface area contributed by atoms with Crippen LogP contribution in [-0.2, 0) is 9.59 Å². The van der Waals surface area contributed by atoms with Gasteiger partial charge >= 0.3 is 5.97 Å². The molecule has 0 radical (unpaired) electrons. The lowest BCUT2D eigenvalue weighted by Crippen LogP contribution is -2.44. The Hall–Kier alpha value is -0.900. The summed E-state index contributed by atoms with van der Waals surface area (Å²) in [7, 11) is 0. The van der Waals surface area contributed by atoms with E-state index in [-0.39, 0.29) is 23.7 Å². The van der Waals surface area contributed by atoms with E-state index in [1.807, 2.05) is 6.92 Å². The van der Waals surface area contributed by atoms with Gasteiger partial charge in [0.2, 0.25) is 0 Å². The monoisotopic (exact) mass is 240 g/mol. The molecule has 4 heteroatoms. The predicted molar refractivity (Wildman–Crippen MR) is 61.4 cm³/mol. The number of fused-ring (bicyclic) bond motifs is 1. The molecule has 2 fully saturated rings. The molecule has 0 spiro atoms. The minimum Gasteiger partial charge on any atom is -0.481 e. The highest BCUT2D eigenvalue weighted by molar-refractivity contribution is 5.87.